The van der Waals surface area contributed by atoms with Crippen LogP contribution in [0.3, 0.4) is 0 Å². The van der Waals surface area contributed by atoms with Gasteiger partial charge in [0.2, 0.25) is 0 Å². The monoisotopic (exact) mass is 265 g/mol. The van der Waals surface area contributed by atoms with Gasteiger partial charge in [-0.3, -0.25) is 0 Å². The summed E-state index contributed by atoms with van der Waals surface area (Å²) < 4.78 is 39.7. The van der Waals surface area contributed by atoms with Crippen molar-refractivity contribution in [2.45, 2.75) is 19.4 Å². The molecule has 0 fully saturated rings. The minimum atomic E-state index is -0.504. The van der Waals surface area contributed by atoms with Crippen molar-refractivity contribution in [3.63, 3.8) is 0 Å². The van der Waals surface area contributed by atoms with Crippen LogP contribution >= 0.6 is 0 Å². The van der Waals surface area contributed by atoms with Gasteiger partial charge in [-0.25, -0.2) is 13.2 Å². The Labute approximate surface area is 109 Å². The molecule has 0 saturated heterocycles. The topological polar surface area (TPSA) is 26.0 Å². The van der Waals surface area contributed by atoms with Crippen LogP contribution in [0.1, 0.15) is 22.7 Å². The van der Waals surface area contributed by atoms with E-state index in [9.17, 15) is 13.2 Å². The van der Waals surface area contributed by atoms with Gasteiger partial charge in [0.15, 0.2) is 0 Å². The first kappa shape index (κ1) is 13.6. The van der Waals surface area contributed by atoms with Crippen LogP contribution in [0.2, 0.25) is 0 Å². The maximum Gasteiger partial charge on any atom is 0.126 e. The highest BCUT2D eigenvalue weighted by atomic mass is 19.1. The molecule has 2 aromatic rings. The van der Waals surface area contributed by atoms with Crippen LogP contribution in [-0.2, 0) is 6.42 Å². The summed E-state index contributed by atoms with van der Waals surface area (Å²) >= 11 is 0. The molecule has 0 bridgehead atoms. The van der Waals surface area contributed by atoms with E-state index in [-0.39, 0.29) is 17.8 Å². The van der Waals surface area contributed by atoms with Crippen LogP contribution in [0.5, 0.6) is 0 Å². The Morgan fingerprint density at radius 1 is 1.00 bits per heavy atom. The standard InChI is InChI=1S/C15H14F3N/c1-9-6-10(2-4-13(9)17)15(19)8-11-7-12(16)3-5-14(11)18/h2-7,15H,8,19H2,1H3. The lowest BCUT2D eigenvalue weighted by Gasteiger charge is -2.13. The first-order valence-corrected chi connectivity index (χ1v) is 5.93. The molecule has 19 heavy (non-hydrogen) atoms. The van der Waals surface area contributed by atoms with E-state index in [0.717, 1.165) is 18.2 Å². The number of benzene rings is 2. The average Bonchev–Trinajstić information content (AvgIpc) is 2.37. The van der Waals surface area contributed by atoms with Crippen LogP contribution in [0.4, 0.5) is 13.2 Å². The summed E-state index contributed by atoms with van der Waals surface area (Å²) in [6, 6.07) is 7.27. The summed E-state index contributed by atoms with van der Waals surface area (Å²) in [5, 5.41) is 0. The van der Waals surface area contributed by atoms with Crippen molar-refractivity contribution >= 4 is 0 Å². The van der Waals surface area contributed by atoms with Gasteiger partial charge >= 0.3 is 0 Å². The Bertz CT molecular complexity index is 596. The third-order valence-corrected chi connectivity index (χ3v) is 3.06. The highest BCUT2D eigenvalue weighted by molar-refractivity contribution is 5.29. The fourth-order valence-corrected chi connectivity index (χ4v) is 1.95. The highest BCUT2D eigenvalue weighted by Crippen LogP contribution is 2.21. The molecule has 0 spiro atoms. The number of hydrogen-bond acceptors (Lipinski definition) is 1. The number of aryl methyl sites for hydroxylation is 1. The second-order valence-corrected chi connectivity index (χ2v) is 4.55. The summed E-state index contributed by atoms with van der Waals surface area (Å²) in [6.07, 6.45) is 0.161. The van der Waals surface area contributed by atoms with Gasteiger partial charge in [0.05, 0.1) is 0 Å². The second-order valence-electron chi connectivity index (χ2n) is 4.55. The molecule has 0 heterocycles. The van der Waals surface area contributed by atoms with Gasteiger partial charge in [-0.15, -0.1) is 0 Å². The number of nitrogens with two attached hydrogens (primary N) is 1. The van der Waals surface area contributed by atoms with E-state index >= 15 is 0 Å². The Morgan fingerprint density at radius 3 is 2.37 bits per heavy atom. The lowest BCUT2D eigenvalue weighted by Crippen LogP contribution is -2.14. The molecule has 2 N–H and O–H groups in total. The zero-order valence-electron chi connectivity index (χ0n) is 10.5. The summed E-state index contributed by atoms with van der Waals surface area (Å²) in [5.74, 6) is -1.30. The molecule has 0 radical (unpaired) electrons. The van der Waals surface area contributed by atoms with Crippen molar-refractivity contribution in [3.05, 3.63) is 70.5 Å². The molecule has 0 aromatic heterocycles. The van der Waals surface area contributed by atoms with Crippen LogP contribution < -0.4 is 5.73 Å². The summed E-state index contributed by atoms with van der Waals surface area (Å²) in [7, 11) is 0. The SMILES string of the molecule is Cc1cc(C(N)Cc2cc(F)ccc2F)ccc1F. The predicted octanol–water partition coefficient (Wildman–Crippen LogP) is 3.65. The van der Waals surface area contributed by atoms with Crippen molar-refractivity contribution in [1.29, 1.82) is 0 Å². The fraction of sp³-hybridized carbons (Fsp3) is 0.200. The Kier molecular flexibility index (Phi) is 3.90. The predicted molar refractivity (Wildman–Crippen MR) is 68.1 cm³/mol. The molecule has 0 saturated carbocycles. The molecule has 4 heteroatoms. The van der Waals surface area contributed by atoms with Gasteiger partial charge in [-0.1, -0.05) is 12.1 Å². The quantitative estimate of drug-likeness (QED) is 0.900. The molecular formula is C15H14F3N. The van der Waals surface area contributed by atoms with E-state index in [0.29, 0.717) is 11.1 Å². The van der Waals surface area contributed by atoms with Crippen molar-refractivity contribution in [2.75, 3.05) is 0 Å². The maximum atomic E-state index is 13.5. The molecule has 2 aromatic carbocycles. The van der Waals surface area contributed by atoms with Crippen molar-refractivity contribution in [2.24, 2.45) is 5.73 Å². The largest absolute Gasteiger partial charge is 0.324 e. The van der Waals surface area contributed by atoms with Gasteiger partial charge in [-0.05, 0) is 54.3 Å². The summed E-state index contributed by atoms with van der Waals surface area (Å²) in [4.78, 5) is 0. The number of hydrogen-bond donors (Lipinski definition) is 1. The molecular weight excluding hydrogens is 251 g/mol. The second kappa shape index (κ2) is 5.45. The number of halogens is 3. The van der Waals surface area contributed by atoms with Crippen LogP contribution in [0, 0.1) is 24.4 Å². The Morgan fingerprint density at radius 2 is 1.68 bits per heavy atom. The first-order valence-electron chi connectivity index (χ1n) is 5.93. The van der Waals surface area contributed by atoms with E-state index < -0.39 is 17.7 Å². The van der Waals surface area contributed by atoms with Gasteiger partial charge in [-0.2, -0.15) is 0 Å². The molecule has 1 nitrogen and oxygen atoms in total. The molecule has 1 atom stereocenters. The van der Waals surface area contributed by atoms with Gasteiger partial charge in [0, 0.05) is 6.04 Å². The van der Waals surface area contributed by atoms with E-state index in [1.54, 1.807) is 19.1 Å². The van der Waals surface area contributed by atoms with Crippen LogP contribution in [-0.4, -0.2) is 0 Å². The zero-order valence-corrected chi connectivity index (χ0v) is 10.5. The molecule has 0 amide bonds. The summed E-state index contributed by atoms with van der Waals surface area (Å²) in [6.45, 7) is 1.63. The van der Waals surface area contributed by atoms with Gasteiger partial charge < -0.3 is 5.73 Å². The fourth-order valence-electron chi connectivity index (χ4n) is 1.95. The molecule has 0 aliphatic heterocycles. The molecule has 0 aliphatic rings. The van der Waals surface area contributed by atoms with Gasteiger partial charge in [0.1, 0.15) is 17.5 Å². The lowest BCUT2D eigenvalue weighted by atomic mass is 9.98. The van der Waals surface area contributed by atoms with Crippen molar-refractivity contribution < 1.29 is 13.2 Å². The van der Waals surface area contributed by atoms with E-state index in [4.69, 9.17) is 5.73 Å². The van der Waals surface area contributed by atoms with Crippen molar-refractivity contribution in [3.8, 4) is 0 Å². The van der Waals surface area contributed by atoms with Gasteiger partial charge in [0.25, 0.3) is 0 Å². The van der Waals surface area contributed by atoms with E-state index in [1.165, 1.54) is 6.07 Å². The lowest BCUT2D eigenvalue weighted by molar-refractivity contribution is 0.571. The summed E-state index contributed by atoms with van der Waals surface area (Å²) in [5.41, 5.74) is 7.35. The minimum absolute atomic E-state index is 0.161. The normalized spacial score (nSPS) is 12.5. The Balaban J connectivity index is 2.22. The minimum Gasteiger partial charge on any atom is -0.324 e. The molecule has 0 aliphatic carbocycles. The number of rotatable bonds is 3. The van der Waals surface area contributed by atoms with E-state index in [2.05, 4.69) is 0 Å². The Hall–Kier alpha value is -1.81. The molecule has 100 valence electrons. The highest BCUT2D eigenvalue weighted by Gasteiger charge is 2.12. The van der Waals surface area contributed by atoms with Crippen LogP contribution in [0.15, 0.2) is 36.4 Å². The van der Waals surface area contributed by atoms with Crippen LogP contribution in [0.25, 0.3) is 0 Å². The third-order valence-electron chi connectivity index (χ3n) is 3.06. The van der Waals surface area contributed by atoms with E-state index in [1.807, 2.05) is 0 Å². The molecule has 1 unspecified atom stereocenters. The van der Waals surface area contributed by atoms with Crippen molar-refractivity contribution in [1.82, 2.24) is 0 Å². The first-order chi connectivity index (χ1) is 8.97. The third kappa shape index (κ3) is 3.15. The molecule has 2 rings (SSSR count). The average molecular weight is 265 g/mol. The maximum absolute atomic E-state index is 13.5. The zero-order chi connectivity index (χ0) is 14.0. The smallest absolute Gasteiger partial charge is 0.126 e.